The minimum atomic E-state index is 0.483. The summed E-state index contributed by atoms with van der Waals surface area (Å²) in [5, 5.41) is 0. The highest BCUT2D eigenvalue weighted by atomic mass is 15.3. The summed E-state index contributed by atoms with van der Waals surface area (Å²) in [6.07, 6.45) is 0. The average molecular weight is 233 g/mol. The molecule has 0 amide bonds. The summed E-state index contributed by atoms with van der Waals surface area (Å²) in [7, 11) is 2.19. The van der Waals surface area contributed by atoms with Crippen molar-refractivity contribution in [2.24, 2.45) is 5.73 Å². The van der Waals surface area contributed by atoms with E-state index in [4.69, 9.17) is 5.73 Å². The van der Waals surface area contributed by atoms with Gasteiger partial charge >= 0.3 is 0 Å². The Hall–Kier alpha value is -0.900. The predicted molar refractivity (Wildman–Crippen MR) is 71.8 cm³/mol. The van der Waals surface area contributed by atoms with E-state index in [2.05, 4.69) is 54.1 Å². The summed E-state index contributed by atoms with van der Waals surface area (Å²) in [6, 6.07) is 11.8. The molecule has 1 fully saturated rings. The molecule has 1 heterocycles. The van der Waals surface area contributed by atoms with Gasteiger partial charge in [0, 0.05) is 38.3 Å². The summed E-state index contributed by atoms with van der Waals surface area (Å²) in [5.41, 5.74) is 7.26. The van der Waals surface area contributed by atoms with E-state index in [1.54, 1.807) is 0 Å². The van der Waals surface area contributed by atoms with E-state index in [0.29, 0.717) is 12.1 Å². The van der Waals surface area contributed by atoms with Gasteiger partial charge in [0.2, 0.25) is 0 Å². The van der Waals surface area contributed by atoms with Crippen molar-refractivity contribution >= 4 is 0 Å². The van der Waals surface area contributed by atoms with Crippen LogP contribution < -0.4 is 5.73 Å². The molecule has 2 rings (SSSR count). The number of likely N-dealkylation sites (N-methyl/N-ethyl adjacent to an activating group) is 1. The fourth-order valence-corrected chi connectivity index (χ4v) is 2.49. The second-order valence-corrected chi connectivity index (χ2v) is 5.09. The molecule has 0 bridgehead atoms. The SMILES string of the molecule is CC1CN(Cc2ccccc2)C(CN)CN1C. The minimum absolute atomic E-state index is 0.483. The lowest BCUT2D eigenvalue weighted by Crippen LogP contribution is -2.57. The van der Waals surface area contributed by atoms with E-state index in [-0.39, 0.29) is 0 Å². The second kappa shape index (κ2) is 5.63. The first-order valence-corrected chi connectivity index (χ1v) is 6.39. The van der Waals surface area contributed by atoms with Crippen molar-refractivity contribution in [2.45, 2.75) is 25.6 Å². The van der Waals surface area contributed by atoms with Crippen LogP contribution in [0.5, 0.6) is 0 Å². The van der Waals surface area contributed by atoms with Gasteiger partial charge in [-0.1, -0.05) is 30.3 Å². The van der Waals surface area contributed by atoms with Crippen LogP contribution in [-0.2, 0) is 6.54 Å². The number of piperazine rings is 1. The largest absolute Gasteiger partial charge is 0.329 e. The van der Waals surface area contributed by atoms with Gasteiger partial charge in [-0.05, 0) is 19.5 Å². The summed E-state index contributed by atoms with van der Waals surface area (Å²) >= 11 is 0. The second-order valence-electron chi connectivity index (χ2n) is 5.09. The van der Waals surface area contributed by atoms with E-state index < -0.39 is 0 Å². The quantitative estimate of drug-likeness (QED) is 0.850. The first-order chi connectivity index (χ1) is 8.20. The third-order valence-corrected chi connectivity index (χ3v) is 3.77. The van der Waals surface area contributed by atoms with Crippen LogP contribution in [0.3, 0.4) is 0 Å². The molecule has 2 N–H and O–H groups in total. The van der Waals surface area contributed by atoms with Crippen molar-refractivity contribution in [2.75, 3.05) is 26.7 Å². The molecule has 0 spiro atoms. The Balaban J connectivity index is 2.03. The fourth-order valence-electron chi connectivity index (χ4n) is 2.49. The maximum absolute atomic E-state index is 5.89. The Labute approximate surface area is 104 Å². The predicted octanol–water partition coefficient (Wildman–Crippen LogP) is 1.15. The van der Waals surface area contributed by atoms with E-state index in [9.17, 15) is 0 Å². The number of nitrogens with zero attached hydrogens (tertiary/aromatic N) is 2. The third-order valence-electron chi connectivity index (χ3n) is 3.77. The maximum Gasteiger partial charge on any atom is 0.0349 e. The van der Waals surface area contributed by atoms with E-state index >= 15 is 0 Å². The van der Waals surface area contributed by atoms with Gasteiger partial charge in [0.25, 0.3) is 0 Å². The van der Waals surface area contributed by atoms with Crippen LogP contribution in [0, 0.1) is 0 Å². The molecule has 0 aromatic heterocycles. The van der Waals surface area contributed by atoms with Crippen molar-refractivity contribution < 1.29 is 0 Å². The number of hydrogen-bond donors (Lipinski definition) is 1. The summed E-state index contributed by atoms with van der Waals surface area (Å²) in [5.74, 6) is 0. The van der Waals surface area contributed by atoms with Gasteiger partial charge in [0.05, 0.1) is 0 Å². The molecule has 1 aromatic rings. The monoisotopic (exact) mass is 233 g/mol. The average Bonchev–Trinajstić information content (AvgIpc) is 2.35. The van der Waals surface area contributed by atoms with E-state index in [0.717, 1.165) is 26.2 Å². The Bertz CT molecular complexity index is 339. The molecule has 0 saturated carbocycles. The van der Waals surface area contributed by atoms with Crippen molar-refractivity contribution in [3.05, 3.63) is 35.9 Å². The van der Waals surface area contributed by atoms with E-state index in [1.807, 2.05) is 0 Å². The topological polar surface area (TPSA) is 32.5 Å². The van der Waals surface area contributed by atoms with Gasteiger partial charge in [-0.15, -0.1) is 0 Å². The van der Waals surface area contributed by atoms with Crippen LogP contribution in [0.1, 0.15) is 12.5 Å². The third kappa shape index (κ3) is 3.06. The van der Waals surface area contributed by atoms with Gasteiger partial charge < -0.3 is 10.6 Å². The zero-order valence-electron chi connectivity index (χ0n) is 10.8. The molecule has 0 aliphatic carbocycles. The van der Waals surface area contributed by atoms with Gasteiger partial charge in [0.1, 0.15) is 0 Å². The smallest absolute Gasteiger partial charge is 0.0349 e. The number of rotatable bonds is 3. The lowest BCUT2D eigenvalue weighted by atomic mass is 10.1. The lowest BCUT2D eigenvalue weighted by molar-refractivity contribution is 0.0500. The zero-order valence-corrected chi connectivity index (χ0v) is 10.8. The van der Waals surface area contributed by atoms with Crippen LogP contribution >= 0.6 is 0 Å². The van der Waals surface area contributed by atoms with Gasteiger partial charge in [-0.25, -0.2) is 0 Å². The van der Waals surface area contributed by atoms with Crippen LogP contribution in [0.2, 0.25) is 0 Å². The minimum Gasteiger partial charge on any atom is -0.329 e. The molecule has 17 heavy (non-hydrogen) atoms. The molecular weight excluding hydrogens is 210 g/mol. The number of benzene rings is 1. The lowest BCUT2D eigenvalue weighted by Gasteiger charge is -2.43. The molecular formula is C14H23N3. The van der Waals surface area contributed by atoms with Crippen molar-refractivity contribution in [3.8, 4) is 0 Å². The van der Waals surface area contributed by atoms with Gasteiger partial charge in [-0.2, -0.15) is 0 Å². The summed E-state index contributed by atoms with van der Waals surface area (Å²) < 4.78 is 0. The molecule has 1 aliphatic rings. The van der Waals surface area contributed by atoms with Crippen LogP contribution in [0.15, 0.2) is 30.3 Å². The van der Waals surface area contributed by atoms with E-state index in [1.165, 1.54) is 5.56 Å². The highest BCUT2D eigenvalue weighted by molar-refractivity contribution is 5.14. The Morgan fingerprint density at radius 3 is 2.59 bits per heavy atom. The first kappa shape index (κ1) is 12.6. The van der Waals surface area contributed by atoms with Crippen LogP contribution in [-0.4, -0.2) is 48.6 Å². The molecule has 1 aromatic carbocycles. The molecule has 3 nitrogen and oxygen atoms in total. The molecule has 3 heteroatoms. The molecule has 2 atom stereocenters. The number of hydrogen-bond acceptors (Lipinski definition) is 3. The zero-order chi connectivity index (χ0) is 12.3. The van der Waals surface area contributed by atoms with Crippen molar-refractivity contribution in [1.29, 1.82) is 0 Å². The number of nitrogens with two attached hydrogens (primary N) is 1. The van der Waals surface area contributed by atoms with Gasteiger partial charge in [-0.3, -0.25) is 4.90 Å². The molecule has 2 unspecified atom stereocenters. The highest BCUT2D eigenvalue weighted by Crippen LogP contribution is 2.16. The summed E-state index contributed by atoms with van der Waals surface area (Å²) in [6.45, 7) is 6.22. The highest BCUT2D eigenvalue weighted by Gasteiger charge is 2.28. The first-order valence-electron chi connectivity index (χ1n) is 6.39. The maximum atomic E-state index is 5.89. The fraction of sp³-hybridized carbons (Fsp3) is 0.571. The standard InChI is InChI=1S/C14H23N3/c1-12-9-17(14(8-15)11-16(12)2)10-13-6-4-3-5-7-13/h3-7,12,14H,8-11,15H2,1-2H3. The summed E-state index contributed by atoms with van der Waals surface area (Å²) in [4.78, 5) is 4.92. The van der Waals surface area contributed by atoms with Crippen LogP contribution in [0.25, 0.3) is 0 Å². The van der Waals surface area contributed by atoms with Crippen LogP contribution in [0.4, 0.5) is 0 Å². The Morgan fingerprint density at radius 2 is 1.94 bits per heavy atom. The van der Waals surface area contributed by atoms with Crippen molar-refractivity contribution in [3.63, 3.8) is 0 Å². The van der Waals surface area contributed by atoms with Crippen molar-refractivity contribution in [1.82, 2.24) is 9.80 Å². The molecule has 0 radical (unpaired) electrons. The Kier molecular flexibility index (Phi) is 4.15. The normalized spacial score (nSPS) is 27.2. The van der Waals surface area contributed by atoms with Gasteiger partial charge in [0.15, 0.2) is 0 Å². The molecule has 1 aliphatic heterocycles. The Morgan fingerprint density at radius 1 is 1.24 bits per heavy atom. The molecule has 94 valence electrons. The molecule has 1 saturated heterocycles.